The van der Waals surface area contributed by atoms with Gasteiger partial charge in [-0.3, -0.25) is 4.79 Å². The van der Waals surface area contributed by atoms with Crippen LogP contribution in [-0.4, -0.2) is 36.0 Å². The molecule has 20 heavy (non-hydrogen) atoms. The van der Waals surface area contributed by atoms with E-state index in [2.05, 4.69) is 0 Å². The first-order valence-corrected chi connectivity index (χ1v) is 7.11. The SMILES string of the molecule is Cc1ccc(C(=O)OCC(=O)N2CCCC[C@H]2C)cc1. The average Bonchev–Trinajstić information content (AvgIpc) is 2.45. The Kier molecular flexibility index (Phi) is 4.77. The van der Waals surface area contributed by atoms with E-state index in [1.165, 1.54) is 0 Å². The molecule has 1 amide bonds. The van der Waals surface area contributed by atoms with Gasteiger partial charge in [-0.2, -0.15) is 0 Å². The minimum Gasteiger partial charge on any atom is -0.452 e. The standard InChI is InChI=1S/C16H21NO3/c1-12-6-8-14(9-7-12)16(19)20-11-15(18)17-10-4-3-5-13(17)2/h6-9,13H,3-5,10-11H2,1-2H3/t13-/m1/s1. The first-order valence-electron chi connectivity index (χ1n) is 7.11. The largest absolute Gasteiger partial charge is 0.452 e. The van der Waals surface area contributed by atoms with E-state index in [1.54, 1.807) is 12.1 Å². The van der Waals surface area contributed by atoms with E-state index in [4.69, 9.17) is 4.74 Å². The Labute approximate surface area is 119 Å². The maximum Gasteiger partial charge on any atom is 0.338 e. The van der Waals surface area contributed by atoms with Crippen molar-refractivity contribution in [3.63, 3.8) is 0 Å². The second kappa shape index (κ2) is 6.55. The van der Waals surface area contributed by atoms with Gasteiger partial charge in [-0.25, -0.2) is 4.79 Å². The molecular weight excluding hydrogens is 254 g/mol. The number of esters is 1. The predicted octanol–water partition coefficient (Wildman–Crippen LogP) is 2.55. The summed E-state index contributed by atoms with van der Waals surface area (Å²) in [6, 6.07) is 7.38. The monoisotopic (exact) mass is 275 g/mol. The molecule has 1 saturated heterocycles. The van der Waals surface area contributed by atoms with Crippen molar-refractivity contribution in [3.8, 4) is 0 Å². The number of benzene rings is 1. The minimum absolute atomic E-state index is 0.0994. The first-order chi connectivity index (χ1) is 9.58. The minimum atomic E-state index is -0.442. The summed E-state index contributed by atoms with van der Waals surface area (Å²) in [5.41, 5.74) is 1.56. The molecule has 0 aromatic heterocycles. The maximum atomic E-state index is 12.0. The van der Waals surface area contributed by atoms with Crippen LogP contribution in [0.2, 0.25) is 0 Å². The van der Waals surface area contributed by atoms with Gasteiger partial charge in [0, 0.05) is 12.6 Å². The van der Waals surface area contributed by atoms with E-state index < -0.39 is 5.97 Å². The van der Waals surface area contributed by atoms with Gasteiger partial charge in [0.15, 0.2) is 6.61 Å². The Morgan fingerprint density at radius 3 is 2.60 bits per heavy atom. The van der Waals surface area contributed by atoms with E-state index >= 15 is 0 Å². The number of ether oxygens (including phenoxy) is 1. The Bertz CT molecular complexity index is 481. The lowest BCUT2D eigenvalue weighted by Crippen LogP contribution is -2.44. The number of aryl methyl sites for hydroxylation is 1. The number of piperidine rings is 1. The average molecular weight is 275 g/mol. The molecule has 1 fully saturated rings. The second-order valence-electron chi connectivity index (χ2n) is 5.37. The molecule has 0 spiro atoms. The van der Waals surface area contributed by atoms with Crippen molar-refractivity contribution >= 4 is 11.9 Å². The number of amides is 1. The van der Waals surface area contributed by atoms with Crippen LogP contribution in [0.25, 0.3) is 0 Å². The zero-order chi connectivity index (χ0) is 14.5. The van der Waals surface area contributed by atoms with Gasteiger partial charge in [0.1, 0.15) is 0 Å². The van der Waals surface area contributed by atoms with Gasteiger partial charge >= 0.3 is 5.97 Å². The lowest BCUT2D eigenvalue weighted by atomic mass is 10.0. The van der Waals surface area contributed by atoms with Crippen molar-refractivity contribution in [2.75, 3.05) is 13.2 Å². The van der Waals surface area contributed by atoms with Crippen LogP contribution < -0.4 is 0 Å². The Balaban J connectivity index is 1.86. The van der Waals surface area contributed by atoms with Crippen LogP contribution in [-0.2, 0) is 9.53 Å². The molecule has 4 heteroatoms. The molecule has 1 aromatic rings. The highest BCUT2D eigenvalue weighted by molar-refractivity contribution is 5.91. The smallest absolute Gasteiger partial charge is 0.338 e. The summed E-state index contributed by atoms with van der Waals surface area (Å²) in [7, 11) is 0. The van der Waals surface area contributed by atoms with Gasteiger partial charge in [-0.1, -0.05) is 17.7 Å². The molecule has 1 atom stereocenters. The van der Waals surface area contributed by atoms with Crippen molar-refractivity contribution in [1.82, 2.24) is 4.90 Å². The molecule has 0 unspecified atom stereocenters. The van der Waals surface area contributed by atoms with Gasteiger partial charge in [0.2, 0.25) is 0 Å². The van der Waals surface area contributed by atoms with Crippen LogP contribution in [0.3, 0.4) is 0 Å². The third kappa shape index (κ3) is 3.59. The Morgan fingerprint density at radius 1 is 1.25 bits per heavy atom. The lowest BCUT2D eigenvalue weighted by molar-refractivity contribution is -0.137. The van der Waals surface area contributed by atoms with Gasteiger partial charge in [0.05, 0.1) is 5.56 Å². The normalized spacial score (nSPS) is 18.7. The van der Waals surface area contributed by atoms with E-state index in [-0.39, 0.29) is 18.6 Å². The molecule has 108 valence electrons. The summed E-state index contributed by atoms with van der Waals surface area (Å²) in [4.78, 5) is 25.7. The van der Waals surface area contributed by atoms with Crippen molar-refractivity contribution in [1.29, 1.82) is 0 Å². The van der Waals surface area contributed by atoms with Crippen molar-refractivity contribution in [3.05, 3.63) is 35.4 Å². The highest BCUT2D eigenvalue weighted by Gasteiger charge is 2.24. The number of nitrogens with zero attached hydrogens (tertiary/aromatic N) is 1. The topological polar surface area (TPSA) is 46.6 Å². The summed E-state index contributed by atoms with van der Waals surface area (Å²) in [6.07, 6.45) is 3.22. The number of likely N-dealkylation sites (tertiary alicyclic amines) is 1. The fourth-order valence-corrected chi connectivity index (χ4v) is 2.45. The highest BCUT2D eigenvalue weighted by Crippen LogP contribution is 2.16. The van der Waals surface area contributed by atoms with Gasteiger partial charge in [-0.15, -0.1) is 0 Å². The molecule has 1 heterocycles. The first kappa shape index (κ1) is 14.6. The van der Waals surface area contributed by atoms with Crippen molar-refractivity contribution < 1.29 is 14.3 Å². The highest BCUT2D eigenvalue weighted by atomic mass is 16.5. The fourth-order valence-electron chi connectivity index (χ4n) is 2.45. The van der Waals surface area contributed by atoms with Crippen LogP contribution in [0.15, 0.2) is 24.3 Å². The summed E-state index contributed by atoms with van der Waals surface area (Å²) < 4.78 is 5.10. The number of hydrogen-bond donors (Lipinski definition) is 0. The van der Waals surface area contributed by atoms with Crippen LogP contribution in [0.1, 0.15) is 42.1 Å². The quantitative estimate of drug-likeness (QED) is 0.796. The molecule has 4 nitrogen and oxygen atoms in total. The lowest BCUT2D eigenvalue weighted by Gasteiger charge is -2.33. The molecule has 1 aliphatic heterocycles. The predicted molar refractivity (Wildman–Crippen MR) is 76.5 cm³/mol. The second-order valence-corrected chi connectivity index (χ2v) is 5.37. The Morgan fingerprint density at radius 2 is 1.95 bits per heavy atom. The molecule has 1 aromatic carbocycles. The number of rotatable bonds is 3. The zero-order valence-corrected chi connectivity index (χ0v) is 12.1. The summed E-state index contributed by atoms with van der Waals surface area (Å²) >= 11 is 0. The van der Waals surface area contributed by atoms with Crippen LogP contribution >= 0.6 is 0 Å². The van der Waals surface area contributed by atoms with Crippen molar-refractivity contribution in [2.45, 2.75) is 39.2 Å². The molecule has 2 rings (SSSR count). The van der Waals surface area contributed by atoms with E-state index in [1.807, 2.05) is 30.9 Å². The summed E-state index contributed by atoms with van der Waals surface area (Å²) in [5.74, 6) is -0.541. The van der Waals surface area contributed by atoms with E-state index in [0.717, 1.165) is 31.4 Å². The van der Waals surface area contributed by atoms with Crippen LogP contribution in [0.5, 0.6) is 0 Å². The van der Waals surface area contributed by atoms with Gasteiger partial charge < -0.3 is 9.64 Å². The Hall–Kier alpha value is -1.84. The molecule has 0 saturated carbocycles. The molecule has 1 aliphatic rings. The maximum absolute atomic E-state index is 12.0. The molecule has 0 bridgehead atoms. The third-order valence-electron chi connectivity index (χ3n) is 3.74. The van der Waals surface area contributed by atoms with Gasteiger partial charge in [0.25, 0.3) is 5.91 Å². The third-order valence-corrected chi connectivity index (χ3v) is 3.74. The van der Waals surface area contributed by atoms with E-state index in [9.17, 15) is 9.59 Å². The molecule has 0 radical (unpaired) electrons. The van der Waals surface area contributed by atoms with Gasteiger partial charge in [-0.05, 0) is 45.2 Å². The molecule has 0 N–H and O–H groups in total. The van der Waals surface area contributed by atoms with Crippen molar-refractivity contribution in [2.24, 2.45) is 0 Å². The molecular formula is C16H21NO3. The summed E-state index contributed by atoms with van der Waals surface area (Å²) in [6.45, 7) is 4.59. The van der Waals surface area contributed by atoms with Crippen LogP contribution in [0, 0.1) is 6.92 Å². The van der Waals surface area contributed by atoms with E-state index in [0.29, 0.717) is 5.56 Å². The summed E-state index contributed by atoms with van der Waals surface area (Å²) in [5, 5.41) is 0. The number of hydrogen-bond acceptors (Lipinski definition) is 3. The molecule has 0 aliphatic carbocycles. The zero-order valence-electron chi connectivity index (χ0n) is 12.1. The number of carbonyl (C=O) groups excluding carboxylic acids is 2. The van der Waals surface area contributed by atoms with Crippen LogP contribution in [0.4, 0.5) is 0 Å². The fraction of sp³-hybridized carbons (Fsp3) is 0.500. The number of carbonyl (C=O) groups is 2.